The average Bonchev–Trinajstić information content (AvgIpc) is 3.19. The van der Waals surface area contributed by atoms with Gasteiger partial charge in [-0.1, -0.05) is 6.07 Å². The van der Waals surface area contributed by atoms with Crippen LogP contribution in [0, 0.1) is 5.82 Å². The largest absolute Gasteiger partial charge is 0.488 e. The first-order valence-electron chi connectivity index (χ1n) is 9.69. The number of ether oxygens (including phenoxy) is 1. The molecule has 1 aliphatic carbocycles. The van der Waals surface area contributed by atoms with Crippen molar-refractivity contribution >= 4 is 0 Å². The van der Waals surface area contributed by atoms with Crippen LogP contribution in [0.5, 0.6) is 5.75 Å². The number of hydrogen-bond acceptors (Lipinski definition) is 6. The molecular formula is C22H24FN3O3. The second kappa shape index (κ2) is 7.57. The zero-order valence-electron chi connectivity index (χ0n) is 16.5. The maximum atomic E-state index is 14.3. The van der Waals surface area contributed by atoms with Gasteiger partial charge in [-0.25, -0.2) is 4.39 Å². The molecule has 0 bridgehead atoms. The summed E-state index contributed by atoms with van der Waals surface area (Å²) >= 11 is 0. The van der Waals surface area contributed by atoms with Crippen LogP contribution in [0.25, 0.3) is 22.9 Å². The molecule has 1 aliphatic rings. The lowest BCUT2D eigenvalue weighted by Gasteiger charge is -2.33. The Labute approximate surface area is 168 Å². The molecule has 1 atom stereocenters. The maximum Gasteiger partial charge on any atom is 0.248 e. The number of aliphatic hydroxyl groups excluding tert-OH is 1. The van der Waals surface area contributed by atoms with Crippen LogP contribution in [0.15, 0.2) is 40.8 Å². The van der Waals surface area contributed by atoms with Gasteiger partial charge in [-0.2, -0.15) is 0 Å². The van der Waals surface area contributed by atoms with Gasteiger partial charge in [0.1, 0.15) is 0 Å². The summed E-state index contributed by atoms with van der Waals surface area (Å²) in [5, 5.41) is 17.8. The van der Waals surface area contributed by atoms with Crippen LogP contribution in [-0.2, 0) is 12.8 Å². The highest BCUT2D eigenvalue weighted by molar-refractivity contribution is 5.60. The van der Waals surface area contributed by atoms with Crippen molar-refractivity contribution in [3.63, 3.8) is 0 Å². The molecule has 0 amide bonds. The molecule has 3 N–H and O–H groups in total. The van der Waals surface area contributed by atoms with Crippen molar-refractivity contribution in [2.45, 2.75) is 44.8 Å². The molecule has 6 nitrogen and oxygen atoms in total. The van der Waals surface area contributed by atoms with Crippen molar-refractivity contribution in [2.75, 3.05) is 6.61 Å². The highest BCUT2D eigenvalue weighted by Gasteiger charge is 2.30. The Bertz CT molecular complexity index is 1030. The van der Waals surface area contributed by atoms with Gasteiger partial charge in [-0.15, -0.1) is 10.2 Å². The van der Waals surface area contributed by atoms with Crippen LogP contribution >= 0.6 is 0 Å². The summed E-state index contributed by atoms with van der Waals surface area (Å²) in [6.45, 7) is 3.63. The van der Waals surface area contributed by atoms with E-state index >= 15 is 0 Å². The first kappa shape index (κ1) is 19.5. The van der Waals surface area contributed by atoms with Crippen molar-refractivity contribution in [1.82, 2.24) is 10.2 Å². The topological polar surface area (TPSA) is 94.4 Å². The third-order valence-corrected chi connectivity index (χ3v) is 5.17. The fourth-order valence-electron chi connectivity index (χ4n) is 3.59. The molecule has 2 aromatic carbocycles. The smallest absolute Gasteiger partial charge is 0.248 e. The molecule has 0 radical (unpaired) electrons. The average molecular weight is 397 g/mol. The highest BCUT2D eigenvalue weighted by Crippen LogP contribution is 2.32. The molecule has 0 aliphatic heterocycles. The van der Waals surface area contributed by atoms with E-state index in [2.05, 4.69) is 10.2 Å². The van der Waals surface area contributed by atoms with Crippen molar-refractivity contribution < 1.29 is 18.7 Å². The van der Waals surface area contributed by atoms with Crippen molar-refractivity contribution in [1.29, 1.82) is 0 Å². The third-order valence-electron chi connectivity index (χ3n) is 5.17. The van der Waals surface area contributed by atoms with Crippen molar-refractivity contribution in [3.05, 3.63) is 53.3 Å². The molecule has 3 aromatic rings. The Morgan fingerprint density at radius 3 is 2.48 bits per heavy atom. The van der Waals surface area contributed by atoms with Gasteiger partial charge in [-0.05, 0) is 74.6 Å². The van der Waals surface area contributed by atoms with Gasteiger partial charge in [0.05, 0.1) is 12.7 Å². The molecule has 29 heavy (non-hydrogen) atoms. The number of hydrogen-bond donors (Lipinski definition) is 2. The highest BCUT2D eigenvalue weighted by atomic mass is 19.1. The number of nitrogens with zero attached hydrogens (tertiary/aromatic N) is 2. The first-order valence-corrected chi connectivity index (χ1v) is 9.69. The fraction of sp³-hybridized carbons (Fsp3) is 0.364. The van der Waals surface area contributed by atoms with Gasteiger partial charge >= 0.3 is 0 Å². The molecule has 7 heteroatoms. The minimum Gasteiger partial charge on any atom is -0.488 e. The number of rotatable bonds is 5. The standard InChI is InChI=1S/C22H24FN3O3/c1-13(2)28-19-6-5-16(10-18(19)23)21-26-25-20(29-21)15-4-3-14-7-8-22(24,12-27)11-17(14)9-15/h3-6,9-10,13,27H,7-8,11-12,24H2,1-2H3. The Balaban J connectivity index is 1.60. The summed E-state index contributed by atoms with van der Waals surface area (Å²) in [6.07, 6.45) is 2.05. The lowest BCUT2D eigenvalue weighted by Crippen LogP contribution is -2.48. The predicted molar refractivity (Wildman–Crippen MR) is 107 cm³/mol. The molecule has 0 fully saturated rings. The molecule has 1 aromatic heterocycles. The van der Waals surface area contributed by atoms with Gasteiger partial charge in [0.15, 0.2) is 11.6 Å². The summed E-state index contributed by atoms with van der Waals surface area (Å²) < 4.78 is 25.5. The summed E-state index contributed by atoms with van der Waals surface area (Å²) in [4.78, 5) is 0. The van der Waals surface area contributed by atoms with Crippen molar-refractivity contribution in [3.8, 4) is 28.7 Å². The van der Waals surface area contributed by atoms with E-state index < -0.39 is 11.4 Å². The van der Waals surface area contributed by atoms with E-state index in [1.165, 1.54) is 11.6 Å². The van der Waals surface area contributed by atoms with Crippen LogP contribution in [0.2, 0.25) is 0 Å². The molecule has 1 unspecified atom stereocenters. The number of aryl methyl sites for hydroxylation is 1. The minimum atomic E-state index is -0.594. The predicted octanol–water partition coefficient (Wildman–Crippen LogP) is 3.51. The first-order chi connectivity index (χ1) is 13.9. The summed E-state index contributed by atoms with van der Waals surface area (Å²) in [5.74, 6) is 0.291. The Morgan fingerprint density at radius 1 is 1.14 bits per heavy atom. The SMILES string of the molecule is CC(C)Oc1ccc(-c2nnc(-c3ccc4c(c3)CC(N)(CO)CC4)o2)cc1F. The zero-order chi connectivity index (χ0) is 20.6. The number of nitrogens with two attached hydrogens (primary N) is 1. The minimum absolute atomic E-state index is 0.0521. The van der Waals surface area contributed by atoms with Crippen molar-refractivity contribution in [2.24, 2.45) is 5.73 Å². The molecule has 1 heterocycles. The number of benzene rings is 2. The Hall–Kier alpha value is -2.77. The van der Waals surface area contributed by atoms with Crippen LogP contribution in [0.3, 0.4) is 0 Å². The number of aliphatic hydroxyl groups is 1. The van der Waals surface area contributed by atoms with E-state index in [-0.39, 0.29) is 24.4 Å². The fourth-order valence-corrected chi connectivity index (χ4v) is 3.59. The van der Waals surface area contributed by atoms with E-state index in [9.17, 15) is 9.50 Å². The van der Waals surface area contributed by atoms with Crippen LogP contribution in [0.4, 0.5) is 4.39 Å². The third kappa shape index (κ3) is 4.02. The molecule has 152 valence electrons. The quantitative estimate of drug-likeness (QED) is 0.684. The molecule has 0 spiro atoms. The second-order valence-electron chi connectivity index (χ2n) is 7.90. The summed E-state index contributed by atoms with van der Waals surface area (Å²) in [7, 11) is 0. The summed E-state index contributed by atoms with van der Waals surface area (Å²) in [6, 6.07) is 10.5. The summed E-state index contributed by atoms with van der Waals surface area (Å²) in [5.41, 5.74) is 9.20. The molecule has 0 saturated carbocycles. The van der Waals surface area contributed by atoms with E-state index in [1.54, 1.807) is 12.1 Å². The maximum absolute atomic E-state index is 14.3. The number of fused-ring (bicyclic) bond motifs is 1. The molecule has 4 rings (SSSR count). The monoisotopic (exact) mass is 397 g/mol. The van der Waals surface area contributed by atoms with E-state index in [0.29, 0.717) is 17.9 Å². The van der Waals surface area contributed by atoms with Gasteiger partial charge in [-0.3, -0.25) is 0 Å². The van der Waals surface area contributed by atoms with Crippen LogP contribution < -0.4 is 10.5 Å². The van der Waals surface area contributed by atoms with E-state index in [1.807, 2.05) is 32.0 Å². The van der Waals surface area contributed by atoms with Gasteiger partial charge < -0.3 is 20.0 Å². The molecular weight excluding hydrogens is 373 g/mol. The van der Waals surface area contributed by atoms with E-state index in [0.717, 1.165) is 24.0 Å². The lowest BCUT2D eigenvalue weighted by atomic mass is 9.78. The van der Waals surface area contributed by atoms with E-state index in [4.69, 9.17) is 14.9 Å². The number of aromatic nitrogens is 2. The van der Waals surface area contributed by atoms with Gasteiger partial charge in [0, 0.05) is 16.7 Å². The van der Waals surface area contributed by atoms with Gasteiger partial charge in [0.2, 0.25) is 11.8 Å². The van der Waals surface area contributed by atoms with Crippen LogP contribution in [-0.4, -0.2) is 33.6 Å². The Morgan fingerprint density at radius 2 is 1.83 bits per heavy atom. The lowest BCUT2D eigenvalue weighted by molar-refractivity contribution is 0.181. The zero-order valence-corrected chi connectivity index (χ0v) is 16.5. The Kier molecular flexibility index (Phi) is 5.10. The molecule has 0 saturated heterocycles. The normalized spacial score (nSPS) is 18.7. The second-order valence-corrected chi connectivity index (χ2v) is 7.90. The van der Waals surface area contributed by atoms with Crippen LogP contribution in [0.1, 0.15) is 31.4 Å². The van der Waals surface area contributed by atoms with Gasteiger partial charge in [0.25, 0.3) is 0 Å². The number of halogens is 1.